The van der Waals surface area contributed by atoms with E-state index < -0.39 is 12.0 Å². The SMILES string of the molecule is NC(Cc1ccccc1)C(=O)c1ccccc1C(=O)O. The van der Waals surface area contributed by atoms with Crippen LogP contribution in [0.15, 0.2) is 54.6 Å². The van der Waals surface area contributed by atoms with Gasteiger partial charge in [0.1, 0.15) is 0 Å². The number of hydrogen-bond acceptors (Lipinski definition) is 3. The molecule has 102 valence electrons. The van der Waals surface area contributed by atoms with Crippen LogP contribution in [0.5, 0.6) is 0 Å². The zero-order valence-corrected chi connectivity index (χ0v) is 10.8. The molecule has 0 saturated carbocycles. The van der Waals surface area contributed by atoms with Crippen molar-refractivity contribution >= 4 is 11.8 Å². The molecule has 2 rings (SSSR count). The number of hydrogen-bond donors (Lipinski definition) is 2. The van der Waals surface area contributed by atoms with Crippen LogP contribution < -0.4 is 5.73 Å². The van der Waals surface area contributed by atoms with Gasteiger partial charge in [-0.15, -0.1) is 0 Å². The predicted molar refractivity (Wildman–Crippen MR) is 75.9 cm³/mol. The summed E-state index contributed by atoms with van der Waals surface area (Å²) in [5.41, 5.74) is 7.00. The molecule has 0 aliphatic carbocycles. The number of carboxylic acid groups (broad SMARTS) is 1. The summed E-state index contributed by atoms with van der Waals surface area (Å²) in [5, 5.41) is 9.09. The molecule has 3 N–H and O–H groups in total. The number of carboxylic acids is 1. The minimum absolute atomic E-state index is 0.0130. The summed E-state index contributed by atoms with van der Waals surface area (Å²) in [6, 6.07) is 14.8. The van der Waals surface area contributed by atoms with Gasteiger partial charge >= 0.3 is 5.97 Å². The highest BCUT2D eigenvalue weighted by molar-refractivity contribution is 6.08. The minimum atomic E-state index is -1.12. The molecule has 0 aromatic heterocycles. The van der Waals surface area contributed by atoms with Crippen molar-refractivity contribution in [1.82, 2.24) is 0 Å². The first-order chi connectivity index (χ1) is 9.59. The third-order valence-corrected chi connectivity index (χ3v) is 3.06. The fourth-order valence-corrected chi connectivity index (χ4v) is 2.04. The molecule has 0 aliphatic rings. The maximum atomic E-state index is 12.3. The Morgan fingerprint density at radius 3 is 2.10 bits per heavy atom. The number of rotatable bonds is 5. The fourth-order valence-electron chi connectivity index (χ4n) is 2.04. The van der Waals surface area contributed by atoms with E-state index in [1.54, 1.807) is 12.1 Å². The molecular formula is C16H15NO3. The van der Waals surface area contributed by atoms with Crippen molar-refractivity contribution in [2.75, 3.05) is 0 Å². The van der Waals surface area contributed by atoms with E-state index in [-0.39, 0.29) is 16.9 Å². The molecular weight excluding hydrogens is 254 g/mol. The number of ketones is 1. The minimum Gasteiger partial charge on any atom is -0.478 e. The second kappa shape index (κ2) is 6.12. The molecule has 2 aromatic rings. The third kappa shape index (κ3) is 3.10. The number of Topliss-reactive ketones (excluding diaryl/α,β-unsaturated/α-hetero) is 1. The van der Waals surface area contributed by atoms with Crippen molar-refractivity contribution in [3.63, 3.8) is 0 Å². The highest BCUT2D eigenvalue weighted by atomic mass is 16.4. The maximum Gasteiger partial charge on any atom is 0.336 e. The van der Waals surface area contributed by atoms with Crippen molar-refractivity contribution in [2.45, 2.75) is 12.5 Å². The Morgan fingerprint density at radius 2 is 1.50 bits per heavy atom. The number of carbonyl (C=O) groups excluding carboxylic acids is 1. The van der Waals surface area contributed by atoms with E-state index in [0.29, 0.717) is 6.42 Å². The summed E-state index contributed by atoms with van der Waals surface area (Å²) >= 11 is 0. The maximum absolute atomic E-state index is 12.3. The average molecular weight is 269 g/mol. The average Bonchev–Trinajstić information content (AvgIpc) is 2.47. The van der Waals surface area contributed by atoms with Gasteiger partial charge in [0.05, 0.1) is 11.6 Å². The van der Waals surface area contributed by atoms with Crippen LogP contribution in [0.25, 0.3) is 0 Å². The van der Waals surface area contributed by atoms with Crippen LogP contribution >= 0.6 is 0 Å². The molecule has 20 heavy (non-hydrogen) atoms. The fraction of sp³-hybridized carbons (Fsp3) is 0.125. The van der Waals surface area contributed by atoms with Gasteiger partial charge in [-0.05, 0) is 18.1 Å². The molecule has 0 saturated heterocycles. The molecule has 0 fully saturated rings. The summed E-state index contributed by atoms with van der Waals surface area (Å²) in [4.78, 5) is 23.4. The van der Waals surface area contributed by atoms with Crippen LogP contribution in [0.1, 0.15) is 26.3 Å². The molecule has 1 unspecified atom stereocenters. The van der Waals surface area contributed by atoms with Crippen LogP contribution in [-0.4, -0.2) is 22.9 Å². The van der Waals surface area contributed by atoms with E-state index >= 15 is 0 Å². The van der Waals surface area contributed by atoms with E-state index in [1.165, 1.54) is 12.1 Å². The van der Waals surface area contributed by atoms with Gasteiger partial charge in [-0.1, -0.05) is 48.5 Å². The van der Waals surface area contributed by atoms with Gasteiger partial charge < -0.3 is 10.8 Å². The molecule has 0 bridgehead atoms. The van der Waals surface area contributed by atoms with Gasteiger partial charge in [-0.25, -0.2) is 4.79 Å². The second-order valence-corrected chi connectivity index (χ2v) is 4.51. The molecule has 0 radical (unpaired) electrons. The first kappa shape index (κ1) is 14.0. The molecule has 0 aliphatic heterocycles. The lowest BCUT2D eigenvalue weighted by atomic mass is 9.95. The Kier molecular flexibility index (Phi) is 4.27. The van der Waals surface area contributed by atoms with Crippen molar-refractivity contribution in [3.05, 3.63) is 71.3 Å². The van der Waals surface area contributed by atoms with Gasteiger partial charge in [0.25, 0.3) is 0 Å². The van der Waals surface area contributed by atoms with E-state index in [0.717, 1.165) is 5.56 Å². The normalized spacial score (nSPS) is 11.8. The monoisotopic (exact) mass is 269 g/mol. The molecule has 1 atom stereocenters. The van der Waals surface area contributed by atoms with Crippen molar-refractivity contribution in [2.24, 2.45) is 5.73 Å². The van der Waals surface area contributed by atoms with Crippen LogP contribution in [-0.2, 0) is 6.42 Å². The zero-order chi connectivity index (χ0) is 14.5. The highest BCUT2D eigenvalue weighted by Crippen LogP contribution is 2.13. The Labute approximate surface area is 116 Å². The summed E-state index contributed by atoms with van der Waals surface area (Å²) in [6.07, 6.45) is 0.383. The molecule has 0 heterocycles. The smallest absolute Gasteiger partial charge is 0.336 e. The molecule has 0 amide bonds. The Bertz CT molecular complexity index is 623. The van der Waals surface area contributed by atoms with E-state index in [4.69, 9.17) is 10.8 Å². The lowest BCUT2D eigenvalue weighted by Crippen LogP contribution is -2.33. The summed E-state index contributed by atoms with van der Waals surface area (Å²) < 4.78 is 0. The van der Waals surface area contributed by atoms with Gasteiger partial charge in [0.15, 0.2) is 5.78 Å². The number of benzene rings is 2. The van der Waals surface area contributed by atoms with Crippen molar-refractivity contribution in [3.8, 4) is 0 Å². The third-order valence-electron chi connectivity index (χ3n) is 3.06. The molecule has 4 heteroatoms. The highest BCUT2D eigenvalue weighted by Gasteiger charge is 2.21. The standard InChI is InChI=1S/C16H15NO3/c17-14(10-11-6-2-1-3-7-11)15(18)12-8-4-5-9-13(12)16(19)20/h1-9,14H,10,17H2,(H,19,20). The summed E-state index contributed by atoms with van der Waals surface area (Å²) in [6.45, 7) is 0. The zero-order valence-electron chi connectivity index (χ0n) is 10.8. The predicted octanol–water partition coefficient (Wildman–Crippen LogP) is 2.14. The van der Waals surface area contributed by atoms with E-state index in [9.17, 15) is 9.59 Å². The van der Waals surface area contributed by atoms with Gasteiger partial charge in [-0.2, -0.15) is 0 Å². The lowest BCUT2D eigenvalue weighted by Gasteiger charge is -2.12. The number of aromatic carboxylic acids is 1. The van der Waals surface area contributed by atoms with E-state index in [1.807, 2.05) is 30.3 Å². The van der Waals surface area contributed by atoms with Crippen LogP contribution in [0.3, 0.4) is 0 Å². The van der Waals surface area contributed by atoms with E-state index in [2.05, 4.69) is 0 Å². The van der Waals surface area contributed by atoms with Crippen LogP contribution in [0.2, 0.25) is 0 Å². The molecule has 4 nitrogen and oxygen atoms in total. The van der Waals surface area contributed by atoms with Crippen molar-refractivity contribution < 1.29 is 14.7 Å². The number of nitrogens with two attached hydrogens (primary N) is 1. The lowest BCUT2D eigenvalue weighted by molar-refractivity contribution is 0.0691. The Morgan fingerprint density at radius 1 is 0.950 bits per heavy atom. The van der Waals surface area contributed by atoms with Gasteiger partial charge in [0.2, 0.25) is 0 Å². The summed E-state index contributed by atoms with van der Waals surface area (Å²) in [5.74, 6) is -1.48. The molecule has 2 aromatic carbocycles. The first-order valence-corrected chi connectivity index (χ1v) is 6.25. The van der Waals surface area contributed by atoms with Gasteiger partial charge in [0, 0.05) is 5.56 Å². The first-order valence-electron chi connectivity index (χ1n) is 6.25. The summed E-state index contributed by atoms with van der Waals surface area (Å²) in [7, 11) is 0. The number of carbonyl (C=O) groups is 2. The Hall–Kier alpha value is -2.46. The van der Waals surface area contributed by atoms with Crippen LogP contribution in [0, 0.1) is 0 Å². The van der Waals surface area contributed by atoms with Gasteiger partial charge in [-0.3, -0.25) is 4.79 Å². The molecule has 0 spiro atoms. The largest absolute Gasteiger partial charge is 0.478 e. The van der Waals surface area contributed by atoms with Crippen LogP contribution in [0.4, 0.5) is 0 Å². The Balaban J connectivity index is 2.21. The second-order valence-electron chi connectivity index (χ2n) is 4.51. The quantitative estimate of drug-likeness (QED) is 0.815. The topological polar surface area (TPSA) is 80.4 Å². The van der Waals surface area contributed by atoms with Crippen molar-refractivity contribution in [1.29, 1.82) is 0 Å².